The summed E-state index contributed by atoms with van der Waals surface area (Å²) in [6.07, 6.45) is 2.21. The zero-order valence-electron chi connectivity index (χ0n) is 9.80. The van der Waals surface area contributed by atoms with Gasteiger partial charge in [0, 0.05) is 13.1 Å². The van der Waals surface area contributed by atoms with E-state index in [0.717, 1.165) is 6.42 Å². The summed E-state index contributed by atoms with van der Waals surface area (Å²) < 4.78 is 4.90. The van der Waals surface area contributed by atoms with E-state index >= 15 is 0 Å². The van der Waals surface area contributed by atoms with Crippen LogP contribution < -0.4 is 5.73 Å². The SMILES string of the molecule is Nc1cnoc1C(=O)N1CCc2ccccc2C1. The molecule has 2 N–H and O–H groups in total. The molecule has 92 valence electrons. The first kappa shape index (κ1) is 10.8. The molecule has 0 spiro atoms. The first-order valence-electron chi connectivity index (χ1n) is 5.82. The van der Waals surface area contributed by atoms with Crippen LogP contribution in [0, 0.1) is 0 Å². The molecule has 0 unspecified atom stereocenters. The van der Waals surface area contributed by atoms with Gasteiger partial charge >= 0.3 is 0 Å². The number of anilines is 1. The predicted octanol–water partition coefficient (Wildman–Crippen LogP) is 1.46. The Balaban J connectivity index is 1.84. The van der Waals surface area contributed by atoms with Gasteiger partial charge in [0.25, 0.3) is 5.91 Å². The van der Waals surface area contributed by atoms with E-state index in [1.54, 1.807) is 4.90 Å². The van der Waals surface area contributed by atoms with Crippen LogP contribution in [0.5, 0.6) is 0 Å². The van der Waals surface area contributed by atoms with E-state index in [0.29, 0.717) is 18.8 Å². The lowest BCUT2D eigenvalue weighted by molar-refractivity contribution is 0.0694. The molecule has 18 heavy (non-hydrogen) atoms. The van der Waals surface area contributed by atoms with Gasteiger partial charge in [0.2, 0.25) is 5.76 Å². The van der Waals surface area contributed by atoms with E-state index < -0.39 is 0 Å². The van der Waals surface area contributed by atoms with Crippen molar-refractivity contribution in [2.45, 2.75) is 13.0 Å². The van der Waals surface area contributed by atoms with E-state index in [1.165, 1.54) is 17.3 Å². The molecule has 3 rings (SSSR count). The summed E-state index contributed by atoms with van der Waals surface area (Å²) in [6.45, 7) is 1.27. The number of amides is 1. The Hall–Kier alpha value is -2.30. The van der Waals surface area contributed by atoms with Crippen LogP contribution in [0.15, 0.2) is 35.0 Å². The molecule has 0 fully saturated rings. The maximum atomic E-state index is 12.2. The lowest BCUT2D eigenvalue weighted by atomic mass is 10.00. The second-order valence-electron chi connectivity index (χ2n) is 4.36. The highest BCUT2D eigenvalue weighted by Gasteiger charge is 2.25. The van der Waals surface area contributed by atoms with E-state index in [2.05, 4.69) is 11.2 Å². The third-order valence-electron chi connectivity index (χ3n) is 3.21. The van der Waals surface area contributed by atoms with Crippen LogP contribution in [-0.2, 0) is 13.0 Å². The second-order valence-corrected chi connectivity index (χ2v) is 4.36. The number of aromatic nitrogens is 1. The Morgan fingerprint density at radius 2 is 2.11 bits per heavy atom. The largest absolute Gasteiger partial charge is 0.394 e. The van der Waals surface area contributed by atoms with Crippen molar-refractivity contribution in [2.75, 3.05) is 12.3 Å². The third-order valence-corrected chi connectivity index (χ3v) is 3.21. The smallest absolute Gasteiger partial charge is 0.294 e. The summed E-state index contributed by atoms with van der Waals surface area (Å²) in [5.74, 6) is -0.0612. The minimum atomic E-state index is -0.195. The molecule has 0 radical (unpaired) electrons. The molecule has 0 atom stereocenters. The fourth-order valence-corrected chi connectivity index (χ4v) is 2.22. The number of hydrogen-bond acceptors (Lipinski definition) is 4. The Morgan fingerprint density at radius 1 is 1.33 bits per heavy atom. The molecule has 0 saturated heterocycles. The lowest BCUT2D eigenvalue weighted by Gasteiger charge is -2.28. The minimum Gasteiger partial charge on any atom is -0.394 e. The van der Waals surface area contributed by atoms with Crippen LogP contribution in [0.1, 0.15) is 21.7 Å². The number of nitrogen functional groups attached to an aromatic ring is 1. The molecule has 2 aromatic rings. The quantitative estimate of drug-likeness (QED) is 0.822. The van der Waals surface area contributed by atoms with Crippen LogP contribution in [0.25, 0.3) is 0 Å². The molecule has 0 bridgehead atoms. The second kappa shape index (κ2) is 4.18. The number of rotatable bonds is 1. The highest BCUT2D eigenvalue weighted by atomic mass is 16.5. The number of carbonyl (C=O) groups is 1. The highest BCUT2D eigenvalue weighted by Crippen LogP contribution is 2.21. The van der Waals surface area contributed by atoms with Crippen molar-refractivity contribution in [1.29, 1.82) is 0 Å². The fourth-order valence-electron chi connectivity index (χ4n) is 2.22. The van der Waals surface area contributed by atoms with E-state index in [4.69, 9.17) is 10.3 Å². The first-order valence-corrected chi connectivity index (χ1v) is 5.82. The number of fused-ring (bicyclic) bond motifs is 1. The average molecular weight is 243 g/mol. The number of nitrogens with two attached hydrogens (primary N) is 1. The summed E-state index contributed by atoms with van der Waals surface area (Å²) in [6, 6.07) is 8.14. The molecule has 1 aliphatic rings. The lowest BCUT2D eigenvalue weighted by Crippen LogP contribution is -2.36. The molecular formula is C13H13N3O2. The normalized spacial score (nSPS) is 14.3. The van der Waals surface area contributed by atoms with Gasteiger partial charge in [-0.25, -0.2) is 0 Å². The number of hydrogen-bond donors (Lipinski definition) is 1. The van der Waals surface area contributed by atoms with Crippen molar-refractivity contribution in [2.24, 2.45) is 0 Å². The van der Waals surface area contributed by atoms with Crippen molar-refractivity contribution in [3.63, 3.8) is 0 Å². The molecule has 0 aliphatic carbocycles. The molecule has 2 heterocycles. The standard InChI is InChI=1S/C13H13N3O2/c14-11-7-15-18-12(11)13(17)16-6-5-9-3-1-2-4-10(9)8-16/h1-4,7H,5-6,8,14H2. The van der Waals surface area contributed by atoms with E-state index in [1.807, 2.05) is 18.2 Å². The summed E-state index contributed by atoms with van der Waals surface area (Å²) in [5.41, 5.74) is 8.40. The van der Waals surface area contributed by atoms with Gasteiger partial charge < -0.3 is 15.2 Å². The highest BCUT2D eigenvalue weighted by molar-refractivity contribution is 5.96. The summed E-state index contributed by atoms with van der Waals surface area (Å²) in [7, 11) is 0. The van der Waals surface area contributed by atoms with Gasteiger partial charge in [-0.3, -0.25) is 4.79 Å². The molecular weight excluding hydrogens is 230 g/mol. The Bertz CT molecular complexity index is 591. The van der Waals surface area contributed by atoms with Gasteiger partial charge in [-0.1, -0.05) is 29.4 Å². The van der Waals surface area contributed by atoms with Gasteiger partial charge in [0.1, 0.15) is 5.69 Å². The fraction of sp³-hybridized carbons (Fsp3) is 0.231. The van der Waals surface area contributed by atoms with Crippen LogP contribution in [0.4, 0.5) is 5.69 Å². The molecule has 1 aromatic heterocycles. The monoisotopic (exact) mass is 243 g/mol. The van der Waals surface area contributed by atoms with Crippen LogP contribution >= 0.6 is 0 Å². The predicted molar refractivity (Wildman–Crippen MR) is 65.8 cm³/mol. The van der Waals surface area contributed by atoms with Crippen molar-refractivity contribution in [1.82, 2.24) is 10.1 Å². The van der Waals surface area contributed by atoms with Crippen molar-refractivity contribution < 1.29 is 9.32 Å². The Labute approximate surface area is 104 Å². The van der Waals surface area contributed by atoms with Gasteiger partial charge in [-0.2, -0.15) is 0 Å². The van der Waals surface area contributed by atoms with Crippen LogP contribution in [-0.4, -0.2) is 22.5 Å². The number of benzene rings is 1. The Morgan fingerprint density at radius 3 is 2.83 bits per heavy atom. The average Bonchev–Trinajstić information content (AvgIpc) is 2.83. The zero-order chi connectivity index (χ0) is 12.5. The van der Waals surface area contributed by atoms with E-state index in [9.17, 15) is 4.79 Å². The molecule has 1 aromatic carbocycles. The van der Waals surface area contributed by atoms with Gasteiger partial charge in [0.05, 0.1) is 6.20 Å². The number of nitrogens with zero attached hydrogens (tertiary/aromatic N) is 2. The Kier molecular flexibility index (Phi) is 2.51. The molecule has 1 amide bonds. The molecule has 0 saturated carbocycles. The van der Waals surface area contributed by atoms with Crippen molar-refractivity contribution >= 4 is 11.6 Å². The van der Waals surface area contributed by atoms with Crippen LogP contribution in [0.3, 0.4) is 0 Å². The maximum Gasteiger partial charge on any atom is 0.294 e. The molecule has 5 nitrogen and oxygen atoms in total. The molecule has 5 heteroatoms. The summed E-state index contributed by atoms with van der Waals surface area (Å²) in [5, 5.41) is 3.53. The molecule has 1 aliphatic heterocycles. The van der Waals surface area contributed by atoms with Crippen molar-refractivity contribution in [3.8, 4) is 0 Å². The third kappa shape index (κ3) is 1.73. The number of carbonyl (C=O) groups excluding carboxylic acids is 1. The summed E-state index contributed by atoms with van der Waals surface area (Å²) in [4.78, 5) is 13.9. The topological polar surface area (TPSA) is 72.4 Å². The minimum absolute atomic E-state index is 0.134. The summed E-state index contributed by atoms with van der Waals surface area (Å²) >= 11 is 0. The maximum absolute atomic E-state index is 12.2. The van der Waals surface area contributed by atoms with Gasteiger partial charge in [-0.15, -0.1) is 0 Å². The van der Waals surface area contributed by atoms with E-state index in [-0.39, 0.29) is 11.7 Å². The first-order chi connectivity index (χ1) is 8.75. The van der Waals surface area contributed by atoms with Gasteiger partial charge in [0.15, 0.2) is 0 Å². The van der Waals surface area contributed by atoms with Crippen molar-refractivity contribution in [3.05, 3.63) is 47.3 Å². The van der Waals surface area contributed by atoms with Gasteiger partial charge in [-0.05, 0) is 17.5 Å². The zero-order valence-corrected chi connectivity index (χ0v) is 9.80. The van der Waals surface area contributed by atoms with Crippen LogP contribution in [0.2, 0.25) is 0 Å².